The number of rotatable bonds is 4. The van der Waals surface area contributed by atoms with Gasteiger partial charge in [0.1, 0.15) is 5.82 Å². The number of aliphatic imine (C=N–C) groups is 1. The summed E-state index contributed by atoms with van der Waals surface area (Å²) in [7, 11) is 0. The van der Waals surface area contributed by atoms with Gasteiger partial charge in [-0.25, -0.2) is 9.38 Å². The molecule has 0 bridgehead atoms. The third-order valence-corrected chi connectivity index (χ3v) is 5.16. The summed E-state index contributed by atoms with van der Waals surface area (Å²) in [6, 6.07) is 14.5. The number of carbonyl (C=O) groups is 1. The molecule has 3 rings (SSSR count). The topological polar surface area (TPSA) is 44.7 Å². The highest BCUT2D eigenvalue weighted by Gasteiger charge is 2.18. The van der Waals surface area contributed by atoms with E-state index in [0.29, 0.717) is 11.3 Å². The predicted molar refractivity (Wildman–Crippen MR) is 107 cm³/mol. The van der Waals surface area contributed by atoms with E-state index in [0.717, 1.165) is 36.8 Å². The van der Waals surface area contributed by atoms with Gasteiger partial charge >= 0.3 is 0 Å². The van der Waals surface area contributed by atoms with Gasteiger partial charge in [0.05, 0.1) is 11.4 Å². The summed E-state index contributed by atoms with van der Waals surface area (Å²) in [6.45, 7) is 3.62. The van der Waals surface area contributed by atoms with E-state index in [2.05, 4.69) is 10.2 Å². The van der Waals surface area contributed by atoms with Gasteiger partial charge in [-0.1, -0.05) is 36.0 Å². The van der Waals surface area contributed by atoms with Gasteiger partial charge in [-0.15, -0.1) is 0 Å². The van der Waals surface area contributed by atoms with E-state index >= 15 is 0 Å². The van der Waals surface area contributed by atoms with Crippen LogP contribution in [0.5, 0.6) is 0 Å². The van der Waals surface area contributed by atoms with Gasteiger partial charge in [0, 0.05) is 18.8 Å². The second-order valence-electron chi connectivity index (χ2n) is 6.22. The van der Waals surface area contributed by atoms with Crippen molar-refractivity contribution in [2.75, 3.05) is 24.2 Å². The highest BCUT2D eigenvalue weighted by atomic mass is 32.2. The third-order valence-electron chi connectivity index (χ3n) is 4.15. The molecule has 0 aliphatic carbocycles. The van der Waals surface area contributed by atoms with Crippen LogP contribution < -0.4 is 5.32 Å². The van der Waals surface area contributed by atoms with Gasteiger partial charge in [-0.05, 0) is 49.6 Å². The summed E-state index contributed by atoms with van der Waals surface area (Å²) in [6.07, 6.45) is 2.28. The summed E-state index contributed by atoms with van der Waals surface area (Å²) in [5.74, 6) is -0.255. The molecular formula is C20H22FN3OS. The Morgan fingerprint density at radius 3 is 2.62 bits per heavy atom. The zero-order valence-electron chi connectivity index (χ0n) is 14.7. The number of hydrogen-bond donors (Lipinski definition) is 1. The molecule has 136 valence electrons. The molecule has 1 aliphatic rings. The van der Waals surface area contributed by atoms with Crippen LogP contribution >= 0.6 is 11.8 Å². The first-order valence-corrected chi connectivity index (χ1v) is 9.68. The number of amides is 1. The Morgan fingerprint density at radius 2 is 1.92 bits per heavy atom. The quantitative estimate of drug-likeness (QED) is 0.632. The molecule has 26 heavy (non-hydrogen) atoms. The van der Waals surface area contributed by atoms with Gasteiger partial charge in [-0.2, -0.15) is 0 Å². The molecule has 1 fully saturated rings. The Kier molecular flexibility index (Phi) is 6.28. The van der Waals surface area contributed by atoms with Crippen LogP contribution in [0.3, 0.4) is 0 Å². The van der Waals surface area contributed by atoms with Crippen molar-refractivity contribution in [3.63, 3.8) is 0 Å². The molecular weight excluding hydrogens is 349 g/mol. The average Bonchev–Trinajstić information content (AvgIpc) is 3.17. The van der Waals surface area contributed by atoms with E-state index < -0.39 is 0 Å². The smallest absolute Gasteiger partial charge is 0.234 e. The molecule has 0 unspecified atom stereocenters. The largest absolute Gasteiger partial charge is 0.351 e. The van der Waals surface area contributed by atoms with Crippen LogP contribution in [0.4, 0.5) is 15.8 Å². The molecule has 1 aliphatic heterocycles. The number of hydrogen-bond acceptors (Lipinski definition) is 3. The zero-order valence-corrected chi connectivity index (χ0v) is 15.6. The second kappa shape index (κ2) is 8.85. The molecule has 0 radical (unpaired) electrons. The van der Waals surface area contributed by atoms with Crippen LogP contribution in [0, 0.1) is 12.7 Å². The minimum absolute atomic E-state index is 0.168. The lowest BCUT2D eigenvalue weighted by atomic mass is 10.2. The minimum atomic E-state index is -0.321. The number of nitrogens with one attached hydrogen (secondary N) is 1. The maximum absolute atomic E-state index is 13.6. The van der Waals surface area contributed by atoms with Crippen molar-refractivity contribution >= 4 is 34.2 Å². The number of nitrogens with zero attached hydrogens (tertiary/aromatic N) is 2. The van der Waals surface area contributed by atoms with Gasteiger partial charge in [0.25, 0.3) is 0 Å². The number of carbonyl (C=O) groups excluding carboxylic acids is 1. The van der Waals surface area contributed by atoms with E-state index in [1.165, 1.54) is 17.8 Å². The molecule has 1 heterocycles. The fourth-order valence-electron chi connectivity index (χ4n) is 2.71. The number of benzene rings is 2. The lowest BCUT2D eigenvalue weighted by Gasteiger charge is -2.19. The van der Waals surface area contributed by atoms with E-state index in [9.17, 15) is 9.18 Å². The zero-order chi connectivity index (χ0) is 18.4. The lowest BCUT2D eigenvalue weighted by Crippen LogP contribution is -2.27. The van der Waals surface area contributed by atoms with Crippen molar-refractivity contribution in [1.82, 2.24) is 4.90 Å². The molecule has 1 N–H and O–H groups in total. The van der Waals surface area contributed by atoms with Crippen LogP contribution in [0.25, 0.3) is 0 Å². The van der Waals surface area contributed by atoms with Crippen molar-refractivity contribution < 1.29 is 9.18 Å². The first-order chi connectivity index (χ1) is 12.6. The monoisotopic (exact) mass is 371 g/mol. The summed E-state index contributed by atoms with van der Waals surface area (Å²) in [5.41, 5.74) is 1.91. The molecule has 6 heteroatoms. The van der Waals surface area contributed by atoms with Crippen LogP contribution in [0.1, 0.15) is 18.4 Å². The molecule has 2 aromatic carbocycles. The standard InChI is InChI=1S/C20H22FN3OS/c1-15-9-10-17(13-18(15)21)22-19(25)14-26-20(24-11-5-6-12-24)23-16-7-3-2-4-8-16/h2-4,7-10,13H,5-6,11-12,14H2,1H3,(H,22,25). The fraction of sp³-hybridized carbons (Fsp3) is 0.300. The number of para-hydroxylation sites is 1. The van der Waals surface area contributed by atoms with Crippen molar-refractivity contribution in [2.45, 2.75) is 19.8 Å². The predicted octanol–water partition coefficient (Wildman–Crippen LogP) is 4.59. The molecule has 1 amide bonds. The number of anilines is 1. The normalized spacial score (nSPS) is 14.5. The van der Waals surface area contributed by atoms with Gasteiger partial charge < -0.3 is 10.2 Å². The van der Waals surface area contributed by atoms with Gasteiger partial charge in [-0.3, -0.25) is 4.79 Å². The Bertz CT molecular complexity index is 789. The van der Waals surface area contributed by atoms with E-state index in [4.69, 9.17) is 4.99 Å². The number of likely N-dealkylation sites (tertiary alicyclic amines) is 1. The Hall–Kier alpha value is -2.34. The summed E-state index contributed by atoms with van der Waals surface area (Å²) in [5, 5.41) is 3.61. The molecule has 0 saturated carbocycles. The third kappa shape index (κ3) is 5.08. The minimum Gasteiger partial charge on any atom is -0.351 e. The van der Waals surface area contributed by atoms with Crippen molar-refractivity contribution in [3.8, 4) is 0 Å². The number of halogens is 1. The first-order valence-electron chi connectivity index (χ1n) is 8.69. The van der Waals surface area contributed by atoms with Crippen LogP contribution in [-0.2, 0) is 4.79 Å². The second-order valence-corrected chi connectivity index (χ2v) is 7.17. The van der Waals surface area contributed by atoms with Gasteiger partial charge in [0.15, 0.2) is 5.17 Å². The molecule has 0 aromatic heterocycles. The molecule has 0 atom stereocenters. The molecule has 1 saturated heterocycles. The van der Waals surface area contributed by atoms with Gasteiger partial charge in [0.2, 0.25) is 5.91 Å². The van der Waals surface area contributed by atoms with Crippen LogP contribution in [0.15, 0.2) is 53.5 Å². The highest BCUT2D eigenvalue weighted by molar-refractivity contribution is 8.14. The lowest BCUT2D eigenvalue weighted by molar-refractivity contribution is -0.113. The molecule has 0 spiro atoms. The SMILES string of the molecule is Cc1ccc(NC(=O)CSC(=Nc2ccccc2)N2CCCC2)cc1F. The van der Waals surface area contributed by atoms with Crippen LogP contribution in [0.2, 0.25) is 0 Å². The van der Waals surface area contributed by atoms with Crippen molar-refractivity contribution in [1.29, 1.82) is 0 Å². The van der Waals surface area contributed by atoms with Crippen molar-refractivity contribution in [2.24, 2.45) is 4.99 Å². The molecule has 2 aromatic rings. The van der Waals surface area contributed by atoms with E-state index in [-0.39, 0.29) is 17.5 Å². The average molecular weight is 371 g/mol. The summed E-state index contributed by atoms with van der Waals surface area (Å²) >= 11 is 1.42. The maximum Gasteiger partial charge on any atom is 0.234 e. The number of aryl methyl sites for hydroxylation is 1. The van der Waals surface area contributed by atoms with E-state index in [1.54, 1.807) is 19.1 Å². The summed E-state index contributed by atoms with van der Waals surface area (Å²) in [4.78, 5) is 19.2. The Morgan fingerprint density at radius 1 is 1.19 bits per heavy atom. The van der Waals surface area contributed by atoms with Crippen LogP contribution in [-0.4, -0.2) is 34.8 Å². The maximum atomic E-state index is 13.6. The summed E-state index contributed by atoms with van der Waals surface area (Å²) < 4.78 is 13.6. The number of amidine groups is 1. The highest BCUT2D eigenvalue weighted by Crippen LogP contribution is 2.21. The first kappa shape index (κ1) is 18.5. The Balaban J connectivity index is 1.64. The number of thioether (sulfide) groups is 1. The fourth-order valence-corrected chi connectivity index (χ4v) is 3.58. The Labute approximate surface area is 157 Å². The van der Waals surface area contributed by atoms with E-state index in [1.807, 2.05) is 30.3 Å². The van der Waals surface area contributed by atoms with Crippen molar-refractivity contribution in [3.05, 3.63) is 59.9 Å². The molecule has 4 nitrogen and oxygen atoms in total.